The zero-order chi connectivity index (χ0) is 15.4. The zero-order valence-electron chi connectivity index (χ0n) is 13.5. The van der Waals surface area contributed by atoms with Crippen LogP contribution in [0.1, 0.15) is 37.8 Å². The minimum absolute atomic E-state index is 0.882. The second-order valence-corrected chi connectivity index (χ2v) is 5.74. The van der Waals surface area contributed by atoms with Crippen LogP contribution in [0, 0.1) is 0 Å². The lowest BCUT2D eigenvalue weighted by atomic mass is 10.0. The van der Waals surface area contributed by atoms with Gasteiger partial charge in [-0.25, -0.2) is 9.97 Å². The van der Waals surface area contributed by atoms with Crippen LogP contribution in [0.25, 0.3) is 0 Å². The van der Waals surface area contributed by atoms with E-state index in [1.165, 1.54) is 29.7 Å². The molecule has 1 N–H and O–H groups in total. The molecule has 1 aromatic heterocycles. The van der Waals surface area contributed by atoms with Gasteiger partial charge in [0.05, 0.1) is 0 Å². The number of aryl methyl sites for hydroxylation is 2. The van der Waals surface area contributed by atoms with E-state index in [0.29, 0.717) is 0 Å². The summed E-state index contributed by atoms with van der Waals surface area (Å²) in [4.78, 5) is 11.2. The predicted octanol–water partition coefficient (Wildman–Crippen LogP) is 3.95. The molecule has 22 heavy (non-hydrogen) atoms. The van der Waals surface area contributed by atoms with Crippen LogP contribution in [-0.2, 0) is 12.8 Å². The summed E-state index contributed by atoms with van der Waals surface area (Å²) in [6, 6.07) is 8.57. The molecule has 1 aliphatic rings. The number of benzene rings is 1. The van der Waals surface area contributed by atoms with Crippen molar-refractivity contribution >= 4 is 17.3 Å². The van der Waals surface area contributed by atoms with E-state index in [1.807, 2.05) is 0 Å². The van der Waals surface area contributed by atoms with Crippen LogP contribution in [0.4, 0.5) is 17.3 Å². The molecule has 0 unspecified atom stereocenters. The maximum Gasteiger partial charge on any atom is 0.135 e. The van der Waals surface area contributed by atoms with E-state index in [2.05, 4.69) is 58.3 Å². The molecule has 4 heteroatoms. The average Bonchev–Trinajstić information content (AvgIpc) is 3.10. The number of aromatic nitrogens is 2. The molecule has 0 radical (unpaired) electrons. The molecule has 0 saturated carbocycles. The number of hydrogen-bond acceptors (Lipinski definition) is 4. The molecule has 2 aromatic rings. The van der Waals surface area contributed by atoms with Gasteiger partial charge in [-0.2, -0.15) is 0 Å². The third-order valence-electron chi connectivity index (χ3n) is 4.33. The van der Waals surface area contributed by atoms with Gasteiger partial charge < -0.3 is 10.2 Å². The molecule has 1 aliphatic heterocycles. The Morgan fingerprint density at radius 2 is 1.73 bits per heavy atom. The summed E-state index contributed by atoms with van der Waals surface area (Å²) in [6.07, 6.45) is 6.20. The van der Waals surface area contributed by atoms with E-state index in [1.54, 1.807) is 6.33 Å². The number of hydrogen-bond donors (Lipinski definition) is 1. The van der Waals surface area contributed by atoms with Gasteiger partial charge in [0, 0.05) is 24.8 Å². The molecule has 1 aromatic carbocycles. The molecule has 3 rings (SSSR count). The van der Waals surface area contributed by atoms with Crippen LogP contribution in [0.15, 0.2) is 30.6 Å². The number of nitrogens with one attached hydrogen (secondary N) is 1. The van der Waals surface area contributed by atoms with Crippen LogP contribution >= 0.6 is 0 Å². The summed E-state index contributed by atoms with van der Waals surface area (Å²) in [5, 5.41) is 3.53. The second kappa shape index (κ2) is 6.77. The van der Waals surface area contributed by atoms with Crippen molar-refractivity contribution in [3.8, 4) is 0 Å². The first-order valence-corrected chi connectivity index (χ1v) is 8.26. The Hall–Kier alpha value is -2.10. The molecule has 0 amide bonds. The molecule has 116 valence electrons. The summed E-state index contributed by atoms with van der Waals surface area (Å²) in [5.41, 5.74) is 3.87. The van der Waals surface area contributed by atoms with Crippen LogP contribution < -0.4 is 10.2 Å². The Balaban J connectivity index is 1.88. The largest absolute Gasteiger partial charge is 0.356 e. The molecular weight excluding hydrogens is 272 g/mol. The summed E-state index contributed by atoms with van der Waals surface area (Å²) >= 11 is 0. The van der Waals surface area contributed by atoms with E-state index in [-0.39, 0.29) is 0 Å². The molecule has 0 aliphatic carbocycles. The molecule has 0 spiro atoms. The quantitative estimate of drug-likeness (QED) is 0.907. The lowest BCUT2D eigenvalue weighted by Gasteiger charge is -2.18. The normalized spacial score (nSPS) is 14.4. The van der Waals surface area contributed by atoms with E-state index >= 15 is 0 Å². The van der Waals surface area contributed by atoms with Crippen molar-refractivity contribution < 1.29 is 0 Å². The van der Waals surface area contributed by atoms with Crippen LogP contribution in [0.2, 0.25) is 0 Å². The lowest BCUT2D eigenvalue weighted by Crippen LogP contribution is -2.19. The van der Waals surface area contributed by atoms with E-state index in [0.717, 1.165) is 37.6 Å². The molecule has 1 fully saturated rings. The highest BCUT2D eigenvalue weighted by Gasteiger charge is 2.14. The van der Waals surface area contributed by atoms with Gasteiger partial charge in [0.1, 0.15) is 18.0 Å². The van der Waals surface area contributed by atoms with Gasteiger partial charge in [-0.15, -0.1) is 0 Å². The Morgan fingerprint density at radius 1 is 1.05 bits per heavy atom. The Labute approximate surface area is 132 Å². The lowest BCUT2D eigenvalue weighted by molar-refractivity contribution is 0.928. The highest BCUT2D eigenvalue weighted by molar-refractivity contribution is 5.66. The highest BCUT2D eigenvalue weighted by Crippen LogP contribution is 2.27. The smallest absolute Gasteiger partial charge is 0.135 e. The first-order chi connectivity index (χ1) is 10.8. The van der Waals surface area contributed by atoms with Crippen molar-refractivity contribution in [1.29, 1.82) is 0 Å². The Bertz CT molecular complexity index is 610. The molecule has 1 saturated heterocycles. The molecule has 4 nitrogen and oxygen atoms in total. The number of rotatable bonds is 5. The first kappa shape index (κ1) is 14.8. The van der Waals surface area contributed by atoms with Crippen molar-refractivity contribution in [3.63, 3.8) is 0 Å². The van der Waals surface area contributed by atoms with E-state index in [9.17, 15) is 0 Å². The van der Waals surface area contributed by atoms with Crippen molar-refractivity contribution in [2.75, 3.05) is 23.3 Å². The fraction of sp³-hybridized carbons (Fsp3) is 0.444. The first-order valence-electron chi connectivity index (χ1n) is 8.26. The molecule has 0 bridgehead atoms. The topological polar surface area (TPSA) is 41.0 Å². The number of nitrogens with zero attached hydrogens (tertiary/aromatic N) is 3. The van der Waals surface area contributed by atoms with Crippen molar-refractivity contribution in [3.05, 3.63) is 41.7 Å². The maximum absolute atomic E-state index is 4.42. The minimum atomic E-state index is 0.882. The van der Waals surface area contributed by atoms with Gasteiger partial charge in [-0.05, 0) is 36.8 Å². The van der Waals surface area contributed by atoms with Gasteiger partial charge in [0.15, 0.2) is 0 Å². The van der Waals surface area contributed by atoms with Crippen molar-refractivity contribution in [2.24, 2.45) is 0 Å². The van der Waals surface area contributed by atoms with Crippen molar-refractivity contribution in [2.45, 2.75) is 39.5 Å². The van der Waals surface area contributed by atoms with E-state index in [4.69, 9.17) is 0 Å². The Morgan fingerprint density at radius 3 is 2.36 bits per heavy atom. The van der Waals surface area contributed by atoms with Gasteiger partial charge in [0.25, 0.3) is 0 Å². The molecule has 2 heterocycles. The van der Waals surface area contributed by atoms with Crippen molar-refractivity contribution in [1.82, 2.24) is 9.97 Å². The van der Waals surface area contributed by atoms with Gasteiger partial charge in [0.2, 0.25) is 0 Å². The van der Waals surface area contributed by atoms with Crippen LogP contribution in [0.5, 0.6) is 0 Å². The SMILES string of the molecule is CCc1cccc(CC)c1Nc1cc(N2CCCC2)ncn1. The molecule has 0 atom stereocenters. The predicted molar refractivity (Wildman–Crippen MR) is 92.0 cm³/mol. The number of para-hydroxylation sites is 1. The minimum Gasteiger partial charge on any atom is -0.356 e. The fourth-order valence-corrected chi connectivity index (χ4v) is 3.07. The van der Waals surface area contributed by atoms with E-state index < -0.39 is 0 Å². The third-order valence-corrected chi connectivity index (χ3v) is 4.33. The third kappa shape index (κ3) is 3.06. The summed E-state index contributed by atoms with van der Waals surface area (Å²) in [5.74, 6) is 1.91. The molecular formula is C18H24N4. The fourth-order valence-electron chi connectivity index (χ4n) is 3.07. The maximum atomic E-state index is 4.42. The summed E-state index contributed by atoms with van der Waals surface area (Å²) < 4.78 is 0. The highest BCUT2D eigenvalue weighted by atomic mass is 15.2. The standard InChI is InChI=1S/C18H24N4/c1-3-14-8-7-9-15(4-2)18(14)21-16-12-17(20-13-19-16)22-10-5-6-11-22/h7-9,12-13H,3-6,10-11H2,1-2H3,(H,19,20,21). The van der Waals surface area contributed by atoms with Gasteiger partial charge in [-0.3, -0.25) is 0 Å². The Kier molecular flexibility index (Phi) is 4.56. The van der Waals surface area contributed by atoms with Crippen LogP contribution in [0.3, 0.4) is 0 Å². The summed E-state index contributed by atoms with van der Waals surface area (Å²) in [7, 11) is 0. The monoisotopic (exact) mass is 296 g/mol. The van der Waals surface area contributed by atoms with Gasteiger partial charge in [-0.1, -0.05) is 32.0 Å². The second-order valence-electron chi connectivity index (χ2n) is 5.74. The van der Waals surface area contributed by atoms with Gasteiger partial charge >= 0.3 is 0 Å². The number of anilines is 3. The zero-order valence-corrected chi connectivity index (χ0v) is 13.5. The summed E-state index contributed by atoms with van der Waals surface area (Å²) in [6.45, 7) is 6.58. The van der Waals surface area contributed by atoms with Crippen LogP contribution in [-0.4, -0.2) is 23.1 Å². The average molecular weight is 296 g/mol.